The molecular weight excluding hydrogens is 518 g/mol. The Morgan fingerprint density at radius 3 is 2.61 bits per heavy atom. The molecule has 0 saturated carbocycles. The summed E-state index contributed by atoms with van der Waals surface area (Å²) in [4.78, 5) is 46.2. The molecule has 3 saturated heterocycles. The van der Waals surface area contributed by atoms with Crippen molar-refractivity contribution in [2.75, 3.05) is 12.3 Å². The number of fused-ring (bicyclic) bond motifs is 1. The third-order valence-corrected chi connectivity index (χ3v) is 8.64. The normalized spacial score (nSPS) is 32.1. The highest BCUT2D eigenvalue weighted by atomic mass is 32.2. The van der Waals surface area contributed by atoms with E-state index in [1.165, 1.54) is 19.1 Å². The quantitative estimate of drug-likeness (QED) is 0.127. The first-order chi connectivity index (χ1) is 18.1. The molecule has 0 spiro atoms. The molecule has 1 aromatic carbocycles. The van der Waals surface area contributed by atoms with Gasteiger partial charge >= 0.3 is 6.03 Å². The number of nitrogens with zero attached hydrogens (tertiary/aromatic N) is 1. The second-order valence-electron chi connectivity index (χ2n) is 9.87. The number of ether oxygens (including phenoxy) is 1. The number of carbonyl (C=O) groups excluding carboxylic acids is 3. The third kappa shape index (κ3) is 6.73. The van der Waals surface area contributed by atoms with Crippen molar-refractivity contribution in [2.24, 2.45) is 0 Å². The van der Waals surface area contributed by atoms with Crippen LogP contribution in [0.1, 0.15) is 31.7 Å². The van der Waals surface area contributed by atoms with Crippen molar-refractivity contribution in [3.8, 4) is 0 Å². The highest BCUT2D eigenvalue weighted by Gasteiger charge is 2.45. The average Bonchev–Trinajstić information content (AvgIpc) is 3.42. The highest BCUT2D eigenvalue weighted by Crippen LogP contribution is 2.33. The Morgan fingerprint density at radius 2 is 1.92 bits per heavy atom. The van der Waals surface area contributed by atoms with E-state index in [-0.39, 0.29) is 54.3 Å². The van der Waals surface area contributed by atoms with Crippen LogP contribution < -0.4 is 21.3 Å². The molecular formula is C24H33N5O8S. The van der Waals surface area contributed by atoms with Crippen molar-refractivity contribution >= 4 is 35.3 Å². The summed E-state index contributed by atoms with van der Waals surface area (Å²) in [7, 11) is 0. The molecule has 3 aliphatic rings. The lowest BCUT2D eigenvalue weighted by molar-refractivity contribution is -0.384. The zero-order valence-electron chi connectivity index (χ0n) is 20.9. The minimum atomic E-state index is -1.36. The molecule has 0 aliphatic carbocycles. The van der Waals surface area contributed by atoms with Crippen LogP contribution in [0.3, 0.4) is 0 Å². The Morgan fingerprint density at radius 1 is 1.18 bits per heavy atom. The smallest absolute Gasteiger partial charge is 0.315 e. The molecule has 4 rings (SSSR count). The Labute approximate surface area is 223 Å². The molecule has 3 heterocycles. The fourth-order valence-electron chi connectivity index (χ4n) is 5.19. The van der Waals surface area contributed by atoms with E-state index in [1.807, 2.05) is 0 Å². The van der Waals surface area contributed by atoms with Crippen LogP contribution in [0.4, 0.5) is 10.5 Å². The van der Waals surface area contributed by atoms with Gasteiger partial charge in [0.2, 0.25) is 11.8 Å². The zero-order valence-corrected chi connectivity index (χ0v) is 21.7. The van der Waals surface area contributed by atoms with Gasteiger partial charge in [-0.3, -0.25) is 19.7 Å². The number of non-ortho nitro benzene ring substituents is 1. The molecule has 6 N–H and O–H groups in total. The van der Waals surface area contributed by atoms with Crippen LogP contribution in [0, 0.1) is 10.1 Å². The van der Waals surface area contributed by atoms with E-state index in [0.29, 0.717) is 12.0 Å². The summed E-state index contributed by atoms with van der Waals surface area (Å²) in [5.74, 6) is 0.212. The first kappa shape index (κ1) is 28.1. The first-order valence-electron chi connectivity index (χ1n) is 12.6. The standard InChI is InChI=1S/C24H33N5O8S/c1-12(30)26-21-16(9-13-5-7-14(8-6-13)29(35)36)37-17(22(32)23(21)33)10-25-19(31)4-2-3-18-20-15(11-38-18)27-24(34)28-20/h5-8,15-18,20-23,32-33H,2-4,9-11H2,1H3,(H,25,31)(H,26,30)(H2,27,28,34)/t15-,16-,17?,18-,20-,21?,22+,23+/m0/s1. The van der Waals surface area contributed by atoms with Crippen molar-refractivity contribution in [3.05, 3.63) is 39.9 Å². The molecule has 4 amide bonds. The van der Waals surface area contributed by atoms with Gasteiger partial charge in [-0.2, -0.15) is 11.8 Å². The molecule has 0 radical (unpaired) electrons. The van der Waals surface area contributed by atoms with Gasteiger partial charge in [-0.25, -0.2) is 4.79 Å². The Balaban J connectivity index is 1.30. The van der Waals surface area contributed by atoms with E-state index < -0.39 is 41.3 Å². The van der Waals surface area contributed by atoms with E-state index in [4.69, 9.17) is 4.74 Å². The molecule has 3 fully saturated rings. The molecule has 2 unspecified atom stereocenters. The summed E-state index contributed by atoms with van der Waals surface area (Å²) in [6.45, 7) is 1.25. The highest BCUT2D eigenvalue weighted by molar-refractivity contribution is 8.00. The van der Waals surface area contributed by atoms with Crippen molar-refractivity contribution in [2.45, 2.75) is 80.4 Å². The molecule has 38 heavy (non-hydrogen) atoms. The molecule has 0 aromatic heterocycles. The van der Waals surface area contributed by atoms with Gasteiger partial charge in [0.15, 0.2) is 0 Å². The first-order valence-corrected chi connectivity index (χ1v) is 13.6. The van der Waals surface area contributed by atoms with Crippen molar-refractivity contribution in [1.82, 2.24) is 21.3 Å². The molecule has 208 valence electrons. The molecule has 3 aliphatic heterocycles. The lowest BCUT2D eigenvalue weighted by Crippen LogP contribution is -2.65. The van der Waals surface area contributed by atoms with Gasteiger partial charge in [0.25, 0.3) is 5.69 Å². The minimum Gasteiger partial charge on any atom is -0.388 e. The predicted octanol–water partition coefficient (Wildman–Crippen LogP) is -0.417. The number of urea groups is 1. The number of thioether (sulfide) groups is 1. The maximum atomic E-state index is 12.5. The summed E-state index contributed by atoms with van der Waals surface area (Å²) in [5, 5.41) is 43.8. The largest absolute Gasteiger partial charge is 0.388 e. The summed E-state index contributed by atoms with van der Waals surface area (Å²) in [5.41, 5.74) is 0.617. The fourth-order valence-corrected chi connectivity index (χ4v) is 6.74. The molecule has 1 aromatic rings. The van der Waals surface area contributed by atoms with Crippen LogP contribution in [-0.2, 0) is 20.7 Å². The number of benzene rings is 1. The van der Waals surface area contributed by atoms with Crippen LogP contribution in [0.5, 0.6) is 0 Å². The number of nitro groups is 1. The van der Waals surface area contributed by atoms with Gasteiger partial charge in [0.1, 0.15) is 18.3 Å². The second-order valence-corrected chi connectivity index (χ2v) is 11.1. The molecule has 13 nitrogen and oxygen atoms in total. The number of carbonyl (C=O) groups is 3. The fraction of sp³-hybridized carbons (Fsp3) is 0.625. The average molecular weight is 552 g/mol. The van der Waals surface area contributed by atoms with E-state index in [9.17, 15) is 34.7 Å². The molecule has 0 bridgehead atoms. The van der Waals surface area contributed by atoms with Gasteiger partial charge in [-0.1, -0.05) is 12.1 Å². The van der Waals surface area contributed by atoms with Gasteiger partial charge in [0.05, 0.1) is 29.2 Å². The monoisotopic (exact) mass is 551 g/mol. The summed E-state index contributed by atoms with van der Waals surface area (Å²) in [6.07, 6.45) is -2.49. The zero-order chi connectivity index (χ0) is 27.4. The van der Waals surface area contributed by atoms with Crippen LogP contribution in [0.15, 0.2) is 24.3 Å². The number of amides is 4. The minimum absolute atomic E-state index is 0.0382. The number of hydrogen-bond donors (Lipinski definition) is 6. The van der Waals surface area contributed by atoms with E-state index in [2.05, 4.69) is 21.3 Å². The summed E-state index contributed by atoms with van der Waals surface area (Å²) in [6, 6.07) is 4.99. The van der Waals surface area contributed by atoms with Gasteiger partial charge < -0.3 is 36.2 Å². The Kier molecular flexibility index (Phi) is 9.07. The van der Waals surface area contributed by atoms with Gasteiger partial charge in [-0.15, -0.1) is 0 Å². The van der Waals surface area contributed by atoms with Crippen molar-refractivity contribution in [3.63, 3.8) is 0 Å². The topological polar surface area (TPSA) is 192 Å². The van der Waals surface area contributed by atoms with Crippen LogP contribution >= 0.6 is 11.8 Å². The lowest BCUT2D eigenvalue weighted by Gasteiger charge is -2.43. The number of aliphatic hydroxyl groups excluding tert-OH is 2. The Bertz CT molecular complexity index is 1040. The Hall–Kier alpha value is -2.94. The van der Waals surface area contributed by atoms with Crippen LogP contribution in [-0.4, -0.2) is 93.1 Å². The maximum Gasteiger partial charge on any atom is 0.315 e. The number of nitro benzene ring substituents is 1. The second kappa shape index (κ2) is 12.3. The van der Waals surface area contributed by atoms with Crippen LogP contribution in [0.25, 0.3) is 0 Å². The molecule has 14 heteroatoms. The third-order valence-electron chi connectivity index (χ3n) is 7.13. The van der Waals surface area contributed by atoms with Gasteiger partial charge in [0, 0.05) is 49.4 Å². The summed E-state index contributed by atoms with van der Waals surface area (Å²) < 4.78 is 6.03. The maximum absolute atomic E-state index is 12.5. The lowest BCUT2D eigenvalue weighted by atomic mass is 9.89. The van der Waals surface area contributed by atoms with Crippen molar-refractivity contribution < 1.29 is 34.3 Å². The molecule has 8 atom stereocenters. The number of hydrogen-bond acceptors (Lipinski definition) is 9. The van der Waals surface area contributed by atoms with Crippen molar-refractivity contribution in [1.29, 1.82) is 0 Å². The van der Waals surface area contributed by atoms with Gasteiger partial charge in [-0.05, 0) is 18.4 Å². The number of nitrogens with one attached hydrogen (secondary N) is 4. The SMILES string of the molecule is CC(=O)NC1[C@H](Cc2ccc([N+](=O)[O-])cc2)OC(CNC(=O)CCC[C@@H]2SC[C@@H]3NC(=O)N[C@@H]32)[C@@H](O)[C@@H]1O. The van der Waals surface area contributed by atoms with Crippen LogP contribution in [0.2, 0.25) is 0 Å². The van der Waals surface area contributed by atoms with E-state index in [1.54, 1.807) is 23.9 Å². The predicted molar refractivity (Wildman–Crippen MR) is 137 cm³/mol. The number of rotatable bonds is 10. The number of aliphatic hydroxyl groups is 2. The van der Waals surface area contributed by atoms with E-state index >= 15 is 0 Å². The van der Waals surface area contributed by atoms with E-state index in [0.717, 1.165) is 12.2 Å². The summed E-state index contributed by atoms with van der Waals surface area (Å²) >= 11 is 1.78.